The molecule has 0 spiro atoms. The van der Waals surface area contributed by atoms with E-state index in [1.165, 1.54) is 12.8 Å². The fourth-order valence-electron chi connectivity index (χ4n) is 3.01. The molecule has 2 fully saturated rings. The van der Waals surface area contributed by atoms with Crippen molar-refractivity contribution in [2.24, 2.45) is 11.8 Å². The molecule has 0 aromatic heterocycles. The van der Waals surface area contributed by atoms with Crippen LogP contribution in [0.2, 0.25) is 0 Å². The number of carbonyl (C=O) groups excluding carboxylic acids is 2. The number of piperidine rings is 1. The average Bonchev–Trinajstić information content (AvgIpc) is 3.40. The van der Waals surface area contributed by atoms with E-state index in [2.05, 4.69) is 17.6 Å². The molecular formula is C19H27N3O2. The zero-order valence-electron chi connectivity index (χ0n) is 14.4. The Bertz CT molecular complexity index is 573. The Labute approximate surface area is 143 Å². The van der Waals surface area contributed by atoms with Gasteiger partial charge in [-0.3, -0.25) is 9.59 Å². The van der Waals surface area contributed by atoms with Crippen LogP contribution in [0.5, 0.6) is 0 Å². The normalized spacial score (nSPS) is 18.5. The molecule has 2 aliphatic rings. The third kappa shape index (κ3) is 4.81. The van der Waals surface area contributed by atoms with Crippen LogP contribution < -0.4 is 10.6 Å². The van der Waals surface area contributed by atoms with Crippen molar-refractivity contribution in [3.63, 3.8) is 0 Å². The molecule has 2 N–H and O–H groups in total. The van der Waals surface area contributed by atoms with Crippen LogP contribution in [0, 0.1) is 11.8 Å². The van der Waals surface area contributed by atoms with Crippen LogP contribution in [0.25, 0.3) is 0 Å². The van der Waals surface area contributed by atoms with Crippen molar-refractivity contribution in [1.29, 1.82) is 0 Å². The highest BCUT2D eigenvalue weighted by Crippen LogP contribution is 2.27. The second kappa shape index (κ2) is 7.79. The number of hydrogen-bond donors (Lipinski definition) is 2. The lowest BCUT2D eigenvalue weighted by Crippen LogP contribution is -2.37. The van der Waals surface area contributed by atoms with E-state index in [4.69, 9.17) is 0 Å². The predicted molar refractivity (Wildman–Crippen MR) is 95.0 cm³/mol. The summed E-state index contributed by atoms with van der Waals surface area (Å²) in [5.41, 5.74) is 1.42. The van der Waals surface area contributed by atoms with Crippen molar-refractivity contribution in [3.05, 3.63) is 29.8 Å². The van der Waals surface area contributed by atoms with Crippen LogP contribution in [0.15, 0.2) is 24.3 Å². The van der Waals surface area contributed by atoms with Gasteiger partial charge in [0.25, 0.3) is 5.91 Å². The summed E-state index contributed by atoms with van der Waals surface area (Å²) in [6.45, 7) is 5.17. The highest BCUT2D eigenvalue weighted by atomic mass is 16.2. The molecule has 0 unspecified atom stereocenters. The molecule has 3 rings (SSSR count). The Balaban J connectivity index is 1.47. The largest absolute Gasteiger partial charge is 0.339 e. The molecule has 5 nitrogen and oxygen atoms in total. The van der Waals surface area contributed by atoms with Gasteiger partial charge in [-0.1, -0.05) is 6.92 Å². The number of carbonyl (C=O) groups is 2. The summed E-state index contributed by atoms with van der Waals surface area (Å²) in [4.78, 5) is 26.3. The summed E-state index contributed by atoms with van der Waals surface area (Å²) in [5, 5.41) is 6.03. The summed E-state index contributed by atoms with van der Waals surface area (Å²) in [6.07, 6.45) is 4.71. The Morgan fingerprint density at radius 2 is 1.75 bits per heavy atom. The lowest BCUT2D eigenvalue weighted by molar-refractivity contribution is -0.115. The first-order valence-corrected chi connectivity index (χ1v) is 9.01. The lowest BCUT2D eigenvalue weighted by atomic mass is 9.98. The first kappa shape index (κ1) is 17.0. The van der Waals surface area contributed by atoms with Crippen LogP contribution in [0.1, 0.15) is 43.0 Å². The Morgan fingerprint density at radius 1 is 1.08 bits per heavy atom. The number of benzene rings is 1. The van der Waals surface area contributed by atoms with Crippen molar-refractivity contribution in [1.82, 2.24) is 10.2 Å². The third-order valence-corrected chi connectivity index (χ3v) is 4.90. The molecule has 5 heteroatoms. The van der Waals surface area contributed by atoms with Gasteiger partial charge in [-0.15, -0.1) is 0 Å². The highest BCUT2D eigenvalue weighted by molar-refractivity contribution is 5.96. The van der Waals surface area contributed by atoms with Gasteiger partial charge in [0.1, 0.15) is 0 Å². The summed E-state index contributed by atoms with van der Waals surface area (Å²) in [7, 11) is 0. The number of amides is 2. The van der Waals surface area contributed by atoms with Crippen molar-refractivity contribution in [2.75, 3.05) is 31.5 Å². The van der Waals surface area contributed by atoms with Gasteiger partial charge in [0, 0.05) is 24.3 Å². The first-order chi connectivity index (χ1) is 11.6. The van der Waals surface area contributed by atoms with Gasteiger partial charge >= 0.3 is 0 Å². The van der Waals surface area contributed by atoms with E-state index in [9.17, 15) is 9.59 Å². The molecule has 0 radical (unpaired) electrons. The Hall–Kier alpha value is -1.88. The molecule has 130 valence electrons. The van der Waals surface area contributed by atoms with E-state index < -0.39 is 0 Å². The minimum atomic E-state index is -0.0419. The summed E-state index contributed by atoms with van der Waals surface area (Å²) in [6, 6.07) is 7.21. The fraction of sp³-hybridized carbons (Fsp3) is 0.579. The lowest BCUT2D eigenvalue weighted by Gasteiger charge is -2.30. The maximum atomic E-state index is 12.5. The minimum absolute atomic E-state index is 0.0419. The number of nitrogens with one attached hydrogen (secondary N) is 2. The molecular weight excluding hydrogens is 302 g/mol. The predicted octanol–water partition coefficient (Wildman–Crippen LogP) is 2.50. The van der Waals surface area contributed by atoms with Gasteiger partial charge in [-0.2, -0.15) is 0 Å². The number of nitrogens with zero attached hydrogens (tertiary/aromatic N) is 1. The quantitative estimate of drug-likeness (QED) is 0.843. The van der Waals surface area contributed by atoms with Gasteiger partial charge in [0.15, 0.2) is 0 Å². The van der Waals surface area contributed by atoms with Gasteiger partial charge < -0.3 is 15.5 Å². The molecule has 1 saturated heterocycles. The standard InChI is InChI=1S/C19H27N3O2/c1-14-8-10-22(11-9-14)19(24)16-4-6-17(7-5-16)21-18(23)13-20-12-15-2-3-15/h4-7,14-15,20H,2-3,8-13H2,1H3,(H,21,23). The minimum Gasteiger partial charge on any atom is -0.339 e. The molecule has 0 bridgehead atoms. The molecule has 0 atom stereocenters. The summed E-state index contributed by atoms with van der Waals surface area (Å²) >= 11 is 0. The average molecular weight is 329 g/mol. The first-order valence-electron chi connectivity index (χ1n) is 9.01. The summed E-state index contributed by atoms with van der Waals surface area (Å²) in [5.74, 6) is 1.52. The van der Waals surface area contributed by atoms with Gasteiger partial charge in [-0.05, 0) is 68.3 Å². The van der Waals surface area contributed by atoms with Gasteiger partial charge in [0.2, 0.25) is 5.91 Å². The number of anilines is 1. The number of hydrogen-bond acceptors (Lipinski definition) is 3. The zero-order chi connectivity index (χ0) is 16.9. The van der Waals surface area contributed by atoms with Crippen molar-refractivity contribution in [3.8, 4) is 0 Å². The number of rotatable bonds is 6. The highest BCUT2D eigenvalue weighted by Gasteiger charge is 2.22. The van der Waals surface area contributed by atoms with E-state index in [0.717, 1.165) is 44.1 Å². The Morgan fingerprint density at radius 3 is 2.38 bits per heavy atom. The van der Waals surface area contributed by atoms with Crippen molar-refractivity contribution in [2.45, 2.75) is 32.6 Å². The number of likely N-dealkylation sites (tertiary alicyclic amines) is 1. The van der Waals surface area contributed by atoms with Gasteiger partial charge in [0.05, 0.1) is 6.54 Å². The van der Waals surface area contributed by atoms with E-state index in [1.54, 1.807) is 24.3 Å². The molecule has 2 amide bonds. The zero-order valence-corrected chi connectivity index (χ0v) is 14.4. The fourth-order valence-corrected chi connectivity index (χ4v) is 3.01. The van der Waals surface area contributed by atoms with E-state index in [0.29, 0.717) is 18.0 Å². The molecule has 1 aliphatic carbocycles. The van der Waals surface area contributed by atoms with E-state index >= 15 is 0 Å². The third-order valence-electron chi connectivity index (χ3n) is 4.90. The Kier molecular flexibility index (Phi) is 5.51. The smallest absolute Gasteiger partial charge is 0.253 e. The molecule has 1 heterocycles. The van der Waals surface area contributed by atoms with Crippen LogP contribution in [-0.4, -0.2) is 42.9 Å². The van der Waals surface area contributed by atoms with Crippen molar-refractivity contribution >= 4 is 17.5 Å². The second-order valence-electron chi connectivity index (χ2n) is 7.17. The van der Waals surface area contributed by atoms with E-state index in [1.807, 2.05) is 4.90 Å². The molecule has 1 saturated carbocycles. The van der Waals surface area contributed by atoms with Crippen LogP contribution >= 0.6 is 0 Å². The van der Waals surface area contributed by atoms with Crippen LogP contribution in [-0.2, 0) is 4.79 Å². The summed E-state index contributed by atoms with van der Waals surface area (Å²) < 4.78 is 0. The van der Waals surface area contributed by atoms with Crippen LogP contribution in [0.4, 0.5) is 5.69 Å². The maximum Gasteiger partial charge on any atom is 0.253 e. The SMILES string of the molecule is CC1CCN(C(=O)c2ccc(NC(=O)CNCC3CC3)cc2)CC1. The molecule has 1 aromatic rings. The van der Waals surface area contributed by atoms with Crippen LogP contribution in [0.3, 0.4) is 0 Å². The topological polar surface area (TPSA) is 61.4 Å². The molecule has 24 heavy (non-hydrogen) atoms. The molecule has 1 aliphatic heterocycles. The molecule has 1 aromatic carbocycles. The monoisotopic (exact) mass is 329 g/mol. The maximum absolute atomic E-state index is 12.5. The van der Waals surface area contributed by atoms with Gasteiger partial charge in [-0.25, -0.2) is 0 Å². The van der Waals surface area contributed by atoms with Crippen molar-refractivity contribution < 1.29 is 9.59 Å². The second-order valence-corrected chi connectivity index (χ2v) is 7.17. The van der Waals surface area contributed by atoms with E-state index in [-0.39, 0.29) is 11.8 Å².